The average Bonchev–Trinajstić information content (AvgIpc) is 3.46. The van der Waals surface area contributed by atoms with Gasteiger partial charge in [0.15, 0.2) is 11.6 Å². The van der Waals surface area contributed by atoms with Crippen LogP contribution in [0.4, 0.5) is 16.0 Å². The number of anilines is 2. The lowest BCUT2D eigenvalue weighted by molar-refractivity contribution is -0.114. The Hall–Kier alpha value is -3.27. The van der Waals surface area contributed by atoms with Crippen LogP contribution in [0.5, 0.6) is 5.75 Å². The minimum Gasteiger partial charge on any atom is -0.497 e. The third-order valence-electron chi connectivity index (χ3n) is 5.87. The van der Waals surface area contributed by atoms with Crippen LogP contribution >= 0.6 is 0 Å². The number of fused-ring (bicyclic) bond motifs is 3. The van der Waals surface area contributed by atoms with Gasteiger partial charge in [-0.2, -0.15) is 0 Å². The van der Waals surface area contributed by atoms with Gasteiger partial charge in [-0.25, -0.2) is 19.0 Å². The zero-order chi connectivity index (χ0) is 22.6. The van der Waals surface area contributed by atoms with Crippen molar-refractivity contribution in [3.8, 4) is 11.6 Å². The first-order chi connectivity index (χ1) is 15.2. The molecule has 3 aromatic heterocycles. The summed E-state index contributed by atoms with van der Waals surface area (Å²) in [4.78, 5) is 22.7. The number of methoxy groups -OCH3 is 1. The molecule has 168 valence electrons. The van der Waals surface area contributed by atoms with Crippen LogP contribution in [-0.4, -0.2) is 58.1 Å². The summed E-state index contributed by atoms with van der Waals surface area (Å²) in [5.41, 5.74) is -0.726. The maximum Gasteiger partial charge on any atom is 0.222 e. The molecule has 2 atom stereocenters. The normalized spacial score (nSPS) is 20.2. The Morgan fingerprint density at radius 3 is 2.78 bits per heavy atom. The second kappa shape index (κ2) is 7.40. The Morgan fingerprint density at radius 2 is 2.16 bits per heavy atom. The molecule has 0 aliphatic carbocycles. The lowest BCUT2D eigenvalue weighted by Crippen LogP contribution is -2.37. The second-order valence-corrected chi connectivity index (χ2v) is 8.72. The van der Waals surface area contributed by atoms with Crippen molar-refractivity contribution in [1.82, 2.24) is 19.7 Å². The highest BCUT2D eigenvalue weighted by atomic mass is 19.1. The summed E-state index contributed by atoms with van der Waals surface area (Å²) < 4.78 is 27.6. The highest BCUT2D eigenvalue weighted by molar-refractivity contribution is 5.95. The maximum atomic E-state index is 14.8. The molecule has 2 bridgehead atoms. The predicted molar refractivity (Wildman–Crippen MR) is 117 cm³/mol. The van der Waals surface area contributed by atoms with Crippen molar-refractivity contribution < 1.29 is 18.7 Å². The van der Waals surface area contributed by atoms with Gasteiger partial charge in [-0.3, -0.25) is 4.79 Å². The molecule has 0 spiro atoms. The SMILES string of the molecule is COc1cc(-n2nc(N3CC4CC3CO4)c3cnc(NC(C)=O)cc32)nc(C(C)(C)F)c1. The summed E-state index contributed by atoms with van der Waals surface area (Å²) >= 11 is 0. The Bertz CT molecular complexity index is 1200. The Balaban J connectivity index is 1.70. The second-order valence-electron chi connectivity index (χ2n) is 8.72. The van der Waals surface area contributed by atoms with Crippen LogP contribution < -0.4 is 15.0 Å². The van der Waals surface area contributed by atoms with Crippen molar-refractivity contribution in [2.45, 2.75) is 45.0 Å². The first-order valence-corrected chi connectivity index (χ1v) is 10.5. The molecule has 0 aromatic carbocycles. The van der Waals surface area contributed by atoms with E-state index in [0.29, 0.717) is 29.5 Å². The van der Waals surface area contributed by atoms with Gasteiger partial charge in [0.05, 0.1) is 42.5 Å². The Morgan fingerprint density at radius 1 is 1.34 bits per heavy atom. The Labute approximate surface area is 184 Å². The summed E-state index contributed by atoms with van der Waals surface area (Å²) in [7, 11) is 1.53. The van der Waals surface area contributed by atoms with Gasteiger partial charge in [0.25, 0.3) is 0 Å². The summed E-state index contributed by atoms with van der Waals surface area (Å²) in [5.74, 6) is 1.84. The molecular formula is C22H25FN6O3. The van der Waals surface area contributed by atoms with Crippen molar-refractivity contribution in [1.29, 1.82) is 0 Å². The number of amides is 1. The molecule has 5 rings (SSSR count). The van der Waals surface area contributed by atoms with E-state index in [1.807, 2.05) is 0 Å². The highest BCUT2D eigenvalue weighted by Gasteiger charge is 2.41. The van der Waals surface area contributed by atoms with Crippen molar-refractivity contribution >= 4 is 28.4 Å². The number of carbonyl (C=O) groups excluding carboxylic acids is 1. The zero-order valence-electron chi connectivity index (χ0n) is 18.4. The number of hydrogen-bond donors (Lipinski definition) is 1. The molecule has 0 saturated carbocycles. The molecule has 0 radical (unpaired) electrons. The molecule has 32 heavy (non-hydrogen) atoms. The summed E-state index contributed by atoms with van der Waals surface area (Å²) in [5, 5.41) is 8.40. The first kappa shape index (κ1) is 20.6. The predicted octanol–water partition coefficient (Wildman–Crippen LogP) is 2.96. The molecule has 9 nitrogen and oxygen atoms in total. The molecule has 1 amide bonds. The van der Waals surface area contributed by atoms with Crippen LogP contribution in [0.15, 0.2) is 24.4 Å². The number of halogens is 1. The first-order valence-electron chi connectivity index (χ1n) is 10.5. The standard InChI is InChI=1S/C22H25FN6O3/c1-12(30)25-19-8-17-16(9-24-19)21(28-10-15-5-13(28)11-32-15)27-29(17)20-7-14(31-4)6-18(26-20)22(2,3)23/h6-9,13,15H,5,10-11H2,1-4H3,(H,24,25,30). The molecule has 1 N–H and O–H groups in total. The van der Waals surface area contributed by atoms with E-state index in [1.54, 1.807) is 29.1 Å². The number of rotatable bonds is 5. The number of hydrogen-bond acceptors (Lipinski definition) is 7. The monoisotopic (exact) mass is 440 g/mol. The van der Waals surface area contributed by atoms with E-state index in [-0.39, 0.29) is 23.7 Å². The van der Waals surface area contributed by atoms with Gasteiger partial charge < -0.3 is 19.7 Å². The van der Waals surface area contributed by atoms with Crippen molar-refractivity contribution in [2.24, 2.45) is 0 Å². The fourth-order valence-electron chi connectivity index (χ4n) is 4.31. The van der Waals surface area contributed by atoms with Gasteiger partial charge in [-0.15, -0.1) is 5.10 Å². The fourth-order valence-corrected chi connectivity index (χ4v) is 4.31. The van der Waals surface area contributed by atoms with Crippen LogP contribution in [-0.2, 0) is 15.2 Å². The van der Waals surface area contributed by atoms with Crippen molar-refractivity contribution in [3.05, 3.63) is 30.1 Å². The van der Waals surface area contributed by atoms with Gasteiger partial charge in [0, 0.05) is 37.9 Å². The van der Waals surface area contributed by atoms with Crippen molar-refractivity contribution in [2.75, 3.05) is 30.5 Å². The maximum absolute atomic E-state index is 14.8. The van der Waals surface area contributed by atoms with Gasteiger partial charge in [0.1, 0.15) is 17.2 Å². The molecule has 2 saturated heterocycles. The number of nitrogens with zero attached hydrogens (tertiary/aromatic N) is 5. The van der Waals surface area contributed by atoms with Gasteiger partial charge >= 0.3 is 0 Å². The topological polar surface area (TPSA) is 94.4 Å². The van der Waals surface area contributed by atoms with Crippen LogP contribution in [0, 0.1) is 0 Å². The van der Waals surface area contributed by atoms with E-state index in [2.05, 4.69) is 20.2 Å². The third kappa shape index (κ3) is 3.54. The molecule has 5 heterocycles. The number of carbonyl (C=O) groups is 1. The van der Waals surface area contributed by atoms with Crippen LogP contribution in [0.1, 0.15) is 32.9 Å². The van der Waals surface area contributed by atoms with Crippen LogP contribution in [0.3, 0.4) is 0 Å². The number of pyridine rings is 2. The van der Waals surface area contributed by atoms with Gasteiger partial charge in [0.2, 0.25) is 5.91 Å². The lowest BCUT2D eigenvalue weighted by atomic mass is 10.1. The zero-order valence-corrected chi connectivity index (χ0v) is 18.4. The van der Waals surface area contributed by atoms with E-state index < -0.39 is 5.67 Å². The smallest absolute Gasteiger partial charge is 0.222 e. The number of morpholine rings is 1. The molecule has 2 aliphatic rings. The molecule has 10 heteroatoms. The minimum atomic E-state index is -1.66. The molecular weight excluding hydrogens is 415 g/mol. The molecule has 3 aromatic rings. The van der Waals surface area contributed by atoms with E-state index in [0.717, 1.165) is 24.2 Å². The third-order valence-corrected chi connectivity index (χ3v) is 5.87. The molecule has 2 unspecified atom stereocenters. The number of ether oxygens (including phenoxy) is 2. The van der Waals surface area contributed by atoms with Crippen molar-refractivity contribution in [3.63, 3.8) is 0 Å². The van der Waals surface area contributed by atoms with Crippen LogP contribution in [0.2, 0.25) is 0 Å². The molecule has 2 aliphatic heterocycles. The summed E-state index contributed by atoms with van der Waals surface area (Å²) in [6, 6.07) is 5.29. The van der Waals surface area contributed by atoms with E-state index in [9.17, 15) is 9.18 Å². The average molecular weight is 440 g/mol. The molecule has 2 fully saturated rings. The number of alkyl halides is 1. The van der Waals surface area contributed by atoms with Crippen LogP contribution in [0.25, 0.3) is 16.7 Å². The number of aromatic nitrogens is 4. The summed E-state index contributed by atoms with van der Waals surface area (Å²) in [6.07, 6.45) is 2.86. The van der Waals surface area contributed by atoms with E-state index in [4.69, 9.17) is 14.6 Å². The van der Waals surface area contributed by atoms with Gasteiger partial charge in [-0.1, -0.05) is 0 Å². The highest BCUT2D eigenvalue weighted by Crippen LogP contribution is 2.37. The summed E-state index contributed by atoms with van der Waals surface area (Å²) in [6.45, 7) is 5.73. The van der Waals surface area contributed by atoms with E-state index >= 15 is 0 Å². The fraction of sp³-hybridized carbons (Fsp3) is 0.455. The van der Waals surface area contributed by atoms with Gasteiger partial charge in [-0.05, 0) is 20.3 Å². The van der Waals surface area contributed by atoms with E-state index in [1.165, 1.54) is 27.9 Å². The number of nitrogens with one attached hydrogen (secondary N) is 1. The quantitative estimate of drug-likeness (QED) is 0.652. The largest absolute Gasteiger partial charge is 0.497 e. The minimum absolute atomic E-state index is 0.195. The lowest BCUT2D eigenvalue weighted by Gasteiger charge is -2.26. The Kier molecular flexibility index (Phi) is 4.77.